The van der Waals surface area contributed by atoms with Gasteiger partial charge in [0.15, 0.2) is 15.7 Å². The van der Waals surface area contributed by atoms with Gasteiger partial charge in [0.05, 0.1) is 11.5 Å². The number of rotatable bonds is 1. The van der Waals surface area contributed by atoms with E-state index in [-0.39, 0.29) is 17.0 Å². The molecule has 16 heavy (non-hydrogen) atoms. The van der Waals surface area contributed by atoms with Crippen LogP contribution in [0.25, 0.3) is 0 Å². The smallest absolute Gasteiger partial charge is 0.155 e. The molecule has 0 saturated carbocycles. The maximum atomic E-state index is 11.6. The third kappa shape index (κ3) is 2.37. The van der Waals surface area contributed by atoms with E-state index in [1.807, 2.05) is 20.8 Å². The predicted octanol–water partition coefficient (Wildman–Crippen LogP) is 1.09. The van der Waals surface area contributed by atoms with Crippen LogP contribution in [0.1, 0.15) is 32.0 Å². The highest BCUT2D eigenvalue weighted by molar-refractivity contribution is 7.90. The number of hydrogen-bond donors (Lipinski definition) is 2. The topological polar surface area (TPSA) is 74.8 Å². The van der Waals surface area contributed by atoms with Gasteiger partial charge in [-0.2, -0.15) is 5.10 Å². The van der Waals surface area contributed by atoms with Crippen molar-refractivity contribution < 1.29 is 8.42 Å². The van der Waals surface area contributed by atoms with Crippen molar-refractivity contribution in [3.05, 3.63) is 11.3 Å². The van der Waals surface area contributed by atoms with Gasteiger partial charge < -0.3 is 5.32 Å². The van der Waals surface area contributed by atoms with Crippen LogP contribution in [-0.2, 0) is 22.0 Å². The van der Waals surface area contributed by atoms with Crippen LogP contribution in [0.15, 0.2) is 0 Å². The number of aromatic amines is 1. The molecule has 1 aliphatic rings. The largest absolute Gasteiger partial charge is 0.364 e. The van der Waals surface area contributed by atoms with Gasteiger partial charge in [0.1, 0.15) is 0 Å². The van der Waals surface area contributed by atoms with Gasteiger partial charge in [-0.25, -0.2) is 8.42 Å². The lowest BCUT2D eigenvalue weighted by Gasteiger charge is -2.22. The lowest BCUT2D eigenvalue weighted by molar-refractivity contribution is 0.590. The minimum atomic E-state index is -2.94. The second-order valence-electron chi connectivity index (χ2n) is 5.25. The quantitative estimate of drug-likeness (QED) is 0.774. The zero-order valence-corrected chi connectivity index (χ0v) is 10.6. The van der Waals surface area contributed by atoms with Crippen molar-refractivity contribution in [1.82, 2.24) is 10.2 Å². The van der Waals surface area contributed by atoms with Gasteiger partial charge in [-0.15, -0.1) is 0 Å². The first kappa shape index (κ1) is 11.4. The molecule has 90 valence electrons. The second-order valence-corrected chi connectivity index (χ2v) is 7.43. The molecule has 0 aliphatic carbocycles. The monoisotopic (exact) mass is 243 g/mol. The Hall–Kier alpha value is -1.04. The number of anilines is 1. The van der Waals surface area contributed by atoms with Crippen LogP contribution in [0.5, 0.6) is 0 Å². The number of nitrogens with zero attached hydrogens (tertiary/aromatic N) is 1. The molecule has 0 radical (unpaired) electrons. The molecule has 0 unspecified atom stereocenters. The van der Waals surface area contributed by atoms with E-state index in [1.165, 1.54) is 0 Å². The normalized spacial score (nSPS) is 19.2. The molecule has 0 saturated heterocycles. The predicted molar refractivity (Wildman–Crippen MR) is 63.2 cm³/mol. The molecular formula is C10H17N3O2S. The molecule has 0 fully saturated rings. The zero-order valence-electron chi connectivity index (χ0n) is 9.79. The first-order valence-corrected chi connectivity index (χ1v) is 7.14. The minimum absolute atomic E-state index is 0.0945. The summed E-state index contributed by atoms with van der Waals surface area (Å²) >= 11 is 0. The highest BCUT2D eigenvalue weighted by Crippen LogP contribution is 2.26. The van der Waals surface area contributed by atoms with Gasteiger partial charge in [-0.05, 0) is 20.8 Å². The molecule has 2 heterocycles. The average Bonchev–Trinajstić information content (AvgIpc) is 2.44. The molecule has 5 nitrogen and oxygen atoms in total. The first-order valence-electron chi connectivity index (χ1n) is 5.32. The van der Waals surface area contributed by atoms with Crippen molar-refractivity contribution in [3.63, 3.8) is 0 Å². The lowest BCUT2D eigenvalue weighted by atomic mass is 10.1. The maximum absolute atomic E-state index is 11.6. The van der Waals surface area contributed by atoms with Crippen LogP contribution < -0.4 is 5.32 Å². The Labute approximate surface area is 95.6 Å². The molecule has 0 spiro atoms. The summed E-state index contributed by atoms with van der Waals surface area (Å²) in [4.78, 5) is 0. The fraction of sp³-hybridized carbons (Fsp3) is 0.700. The maximum Gasteiger partial charge on any atom is 0.155 e. The Bertz CT molecular complexity index is 497. The summed E-state index contributed by atoms with van der Waals surface area (Å²) in [7, 11) is -2.94. The summed E-state index contributed by atoms with van der Waals surface area (Å²) < 4.78 is 23.1. The van der Waals surface area contributed by atoms with Gasteiger partial charge in [-0.3, -0.25) is 5.10 Å². The van der Waals surface area contributed by atoms with Gasteiger partial charge in [0.25, 0.3) is 0 Å². The molecule has 6 heteroatoms. The van der Waals surface area contributed by atoms with Crippen molar-refractivity contribution in [1.29, 1.82) is 0 Å². The van der Waals surface area contributed by atoms with Gasteiger partial charge >= 0.3 is 0 Å². The third-order valence-corrected chi connectivity index (χ3v) is 4.03. The number of hydrogen-bond acceptors (Lipinski definition) is 4. The number of H-pyrrole nitrogens is 1. The molecule has 0 atom stereocenters. The lowest BCUT2D eigenvalue weighted by Crippen LogP contribution is -2.28. The molecule has 2 N–H and O–H groups in total. The Morgan fingerprint density at radius 1 is 1.38 bits per heavy atom. The van der Waals surface area contributed by atoms with Crippen LogP contribution in [0.3, 0.4) is 0 Å². The van der Waals surface area contributed by atoms with Crippen molar-refractivity contribution in [2.75, 3.05) is 11.1 Å². The highest BCUT2D eigenvalue weighted by atomic mass is 32.2. The molecule has 2 rings (SSSR count). The van der Waals surface area contributed by atoms with E-state index in [1.54, 1.807) is 0 Å². The molecule has 0 aromatic carbocycles. The molecule has 1 aromatic rings. The van der Waals surface area contributed by atoms with E-state index in [0.29, 0.717) is 12.2 Å². The van der Waals surface area contributed by atoms with E-state index in [4.69, 9.17) is 0 Å². The average molecular weight is 243 g/mol. The summed E-state index contributed by atoms with van der Waals surface area (Å²) in [5.41, 5.74) is 1.63. The van der Waals surface area contributed by atoms with Crippen molar-refractivity contribution >= 4 is 15.7 Å². The van der Waals surface area contributed by atoms with Gasteiger partial charge in [0, 0.05) is 23.2 Å². The van der Waals surface area contributed by atoms with E-state index in [2.05, 4.69) is 15.5 Å². The Morgan fingerprint density at radius 3 is 2.69 bits per heavy atom. The fourth-order valence-corrected chi connectivity index (χ4v) is 3.18. The van der Waals surface area contributed by atoms with Crippen LogP contribution in [0.2, 0.25) is 0 Å². The standard InChI is InChI=1S/C10H17N3O2S/c1-10(2,3)11-9-7-6-16(14,15)5-4-8(7)12-13-9/h4-6H2,1-3H3,(H2,11,12,13). The SMILES string of the molecule is CC(C)(C)Nc1n[nH]c2c1CS(=O)(=O)CC2. The van der Waals surface area contributed by atoms with E-state index < -0.39 is 9.84 Å². The van der Waals surface area contributed by atoms with E-state index in [9.17, 15) is 8.42 Å². The summed E-state index contributed by atoms with van der Waals surface area (Å²) in [5.74, 6) is 0.986. The fourth-order valence-electron chi connectivity index (χ4n) is 1.77. The van der Waals surface area contributed by atoms with E-state index >= 15 is 0 Å². The molecule has 1 aliphatic heterocycles. The van der Waals surface area contributed by atoms with Gasteiger partial charge in [0.2, 0.25) is 0 Å². The van der Waals surface area contributed by atoms with Crippen LogP contribution in [0.4, 0.5) is 5.82 Å². The van der Waals surface area contributed by atoms with Crippen LogP contribution >= 0.6 is 0 Å². The van der Waals surface area contributed by atoms with Crippen molar-refractivity contribution in [3.8, 4) is 0 Å². The Balaban J connectivity index is 2.34. The molecular weight excluding hydrogens is 226 g/mol. The summed E-state index contributed by atoms with van der Waals surface area (Å²) in [5, 5.41) is 10.3. The number of aryl methyl sites for hydroxylation is 1. The van der Waals surface area contributed by atoms with Gasteiger partial charge in [-0.1, -0.05) is 0 Å². The molecule has 0 bridgehead atoms. The third-order valence-electron chi connectivity index (χ3n) is 2.47. The summed E-state index contributed by atoms with van der Waals surface area (Å²) in [6.07, 6.45) is 0.538. The number of sulfone groups is 1. The Morgan fingerprint density at radius 2 is 2.06 bits per heavy atom. The van der Waals surface area contributed by atoms with Crippen molar-refractivity contribution in [2.45, 2.75) is 38.5 Å². The summed E-state index contributed by atoms with van der Waals surface area (Å²) in [6.45, 7) is 6.06. The molecule has 1 aromatic heterocycles. The van der Waals surface area contributed by atoms with Crippen LogP contribution in [-0.4, -0.2) is 29.9 Å². The zero-order chi connectivity index (χ0) is 12.0. The molecule has 0 amide bonds. The number of nitrogens with one attached hydrogen (secondary N) is 2. The first-order chi connectivity index (χ1) is 7.27. The number of aromatic nitrogens is 2. The van der Waals surface area contributed by atoms with Crippen LogP contribution in [0, 0.1) is 0 Å². The van der Waals surface area contributed by atoms with Crippen molar-refractivity contribution in [2.24, 2.45) is 0 Å². The second kappa shape index (κ2) is 3.48. The Kier molecular flexibility index (Phi) is 2.49. The summed E-state index contributed by atoms with van der Waals surface area (Å²) in [6, 6.07) is 0. The highest BCUT2D eigenvalue weighted by Gasteiger charge is 2.27. The number of fused-ring (bicyclic) bond motifs is 1. The minimum Gasteiger partial charge on any atom is -0.364 e. The van der Waals surface area contributed by atoms with E-state index in [0.717, 1.165) is 11.3 Å².